The second kappa shape index (κ2) is 7.63. The molecule has 2 rings (SSSR count). The number of halogens is 2. The van der Waals surface area contributed by atoms with Crippen LogP contribution in [0.25, 0.3) is 0 Å². The van der Waals surface area contributed by atoms with Gasteiger partial charge in [0.15, 0.2) is 12.4 Å². The first-order valence-corrected chi connectivity index (χ1v) is 7.99. The second-order valence-corrected chi connectivity index (χ2v) is 6.85. The van der Waals surface area contributed by atoms with Crippen LogP contribution in [0.15, 0.2) is 30.3 Å². The molecule has 2 aromatic rings. The first-order chi connectivity index (χ1) is 10.9. The average Bonchev–Trinajstić information content (AvgIpc) is 2.90. The monoisotopic (exact) mass is 374 g/mol. The highest BCUT2D eigenvalue weighted by molar-refractivity contribution is 7.16. The lowest BCUT2D eigenvalue weighted by atomic mass is 10.3. The van der Waals surface area contributed by atoms with Gasteiger partial charge in [0.2, 0.25) is 0 Å². The van der Waals surface area contributed by atoms with Gasteiger partial charge in [0, 0.05) is 23.0 Å². The Kier molecular flexibility index (Phi) is 5.81. The second-order valence-electron chi connectivity index (χ2n) is 4.61. The van der Waals surface area contributed by atoms with E-state index < -0.39 is 4.92 Å². The van der Waals surface area contributed by atoms with Gasteiger partial charge in [0.25, 0.3) is 5.91 Å². The summed E-state index contributed by atoms with van der Waals surface area (Å²) in [5.74, 6) is -0.306. The van der Waals surface area contributed by atoms with Gasteiger partial charge in [0.1, 0.15) is 0 Å². The summed E-state index contributed by atoms with van der Waals surface area (Å²) >= 11 is 12.9. The third-order valence-corrected chi connectivity index (χ3v) is 4.37. The van der Waals surface area contributed by atoms with E-state index in [1.165, 1.54) is 34.4 Å². The van der Waals surface area contributed by atoms with Gasteiger partial charge in [-0.1, -0.05) is 23.2 Å². The maximum atomic E-state index is 12.1. The summed E-state index contributed by atoms with van der Waals surface area (Å²) in [5.41, 5.74) is -0.280. The van der Waals surface area contributed by atoms with Crippen LogP contribution >= 0.6 is 34.5 Å². The molecule has 6 nitrogen and oxygen atoms in total. The molecule has 1 aromatic carbocycles. The van der Waals surface area contributed by atoms with Crippen LogP contribution in [0.5, 0.6) is 5.75 Å². The Morgan fingerprint density at radius 1 is 1.35 bits per heavy atom. The van der Waals surface area contributed by atoms with Crippen LogP contribution in [-0.2, 0) is 11.3 Å². The standard InChI is InChI=1S/C14H12Cl2N2O4S/c1-17(7-10-3-5-13(16)23-10)14(19)8-22-12-4-2-9(15)6-11(12)18(20)21/h2-6H,7-8H2,1H3. The first-order valence-electron chi connectivity index (χ1n) is 6.41. The van der Waals surface area contributed by atoms with Crippen molar-refractivity contribution >= 4 is 46.1 Å². The maximum absolute atomic E-state index is 12.1. The minimum Gasteiger partial charge on any atom is -0.477 e. The van der Waals surface area contributed by atoms with Crippen molar-refractivity contribution in [2.24, 2.45) is 0 Å². The summed E-state index contributed by atoms with van der Waals surface area (Å²) in [4.78, 5) is 24.8. The number of nitrogens with zero attached hydrogens (tertiary/aromatic N) is 2. The van der Waals surface area contributed by atoms with Gasteiger partial charge in [-0.2, -0.15) is 0 Å². The minimum atomic E-state index is -0.608. The fraction of sp³-hybridized carbons (Fsp3) is 0.214. The Bertz CT molecular complexity index is 735. The molecule has 1 aromatic heterocycles. The third-order valence-electron chi connectivity index (χ3n) is 2.92. The summed E-state index contributed by atoms with van der Waals surface area (Å²) in [6, 6.07) is 7.60. The van der Waals surface area contributed by atoms with Gasteiger partial charge in [-0.05, 0) is 24.3 Å². The van der Waals surface area contributed by atoms with E-state index >= 15 is 0 Å². The van der Waals surface area contributed by atoms with Crippen molar-refractivity contribution in [2.45, 2.75) is 6.54 Å². The summed E-state index contributed by atoms with van der Waals surface area (Å²) < 4.78 is 5.91. The molecule has 0 spiro atoms. The summed E-state index contributed by atoms with van der Waals surface area (Å²) in [6.45, 7) is 0.0837. The Hall–Kier alpha value is -1.83. The van der Waals surface area contributed by atoms with E-state index in [-0.39, 0.29) is 29.0 Å². The van der Waals surface area contributed by atoms with E-state index in [9.17, 15) is 14.9 Å². The number of amides is 1. The van der Waals surface area contributed by atoms with Crippen molar-refractivity contribution < 1.29 is 14.5 Å². The lowest BCUT2D eigenvalue weighted by molar-refractivity contribution is -0.385. The molecule has 0 radical (unpaired) electrons. The number of thiophene rings is 1. The van der Waals surface area contributed by atoms with Gasteiger partial charge in [-0.15, -0.1) is 11.3 Å². The van der Waals surface area contributed by atoms with Gasteiger partial charge in [0.05, 0.1) is 15.8 Å². The summed E-state index contributed by atoms with van der Waals surface area (Å²) in [7, 11) is 1.62. The van der Waals surface area contributed by atoms with E-state index in [4.69, 9.17) is 27.9 Å². The van der Waals surface area contributed by atoms with E-state index in [2.05, 4.69) is 0 Å². The van der Waals surface area contributed by atoms with Crippen LogP contribution in [0.3, 0.4) is 0 Å². The van der Waals surface area contributed by atoms with E-state index in [0.29, 0.717) is 10.9 Å². The highest BCUT2D eigenvalue weighted by atomic mass is 35.5. The third kappa shape index (κ3) is 4.82. The van der Waals surface area contributed by atoms with E-state index in [0.717, 1.165) is 4.88 Å². The van der Waals surface area contributed by atoms with Gasteiger partial charge in [-0.25, -0.2) is 0 Å². The van der Waals surface area contributed by atoms with E-state index in [1.54, 1.807) is 13.1 Å². The van der Waals surface area contributed by atoms with Crippen LogP contribution < -0.4 is 4.74 Å². The molecule has 0 atom stereocenters. The number of nitro groups is 1. The molecular weight excluding hydrogens is 363 g/mol. The van der Waals surface area contributed by atoms with Crippen molar-refractivity contribution in [3.63, 3.8) is 0 Å². The van der Waals surface area contributed by atoms with Crippen molar-refractivity contribution in [1.29, 1.82) is 0 Å². The largest absolute Gasteiger partial charge is 0.477 e. The van der Waals surface area contributed by atoms with Gasteiger partial charge < -0.3 is 9.64 Å². The zero-order valence-electron chi connectivity index (χ0n) is 12.0. The zero-order chi connectivity index (χ0) is 17.0. The molecule has 0 saturated heterocycles. The number of benzene rings is 1. The summed E-state index contributed by atoms with van der Waals surface area (Å²) in [5, 5.41) is 11.2. The molecule has 0 aliphatic rings. The first kappa shape index (κ1) is 17.5. The number of nitro benzene ring substituents is 1. The molecule has 1 heterocycles. The Morgan fingerprint density at radius 2 is 2.09 bits per heavy atom. The molecule has 0 saturated carbocycles. The molecule has 122 valence electrons. The highest BCUT2D eigenvalue weighted by Gasteiger charge is 2.18. The number of likely N-dealkylation sites (N-methyl/N-ethyl adjacent to an activating group) is 1. The predicted molar refractivity (Wildman–Crippen MR) is 89.4 cm³/mol. The quantitative estimate of drug-likeness (QED) is 0.565. The van der Waals surface area contributed by atoms with Crippen LogP contribution in [-0.4, -0.2) is 29.4 Å². The van der Waals surface area contributed by atoms with Crippen molar-refractivity contribution in [3.05, 3.63) is 54.7 Å². The van der Waals surface area contributed by atoms with Crippen LogP contribution in [0.4, 0.5) is 5.69 Å². The maximum Gasteiger partial charge on any atom is 0.312 e. The fourth-order valence-corrected chi connectivity index (χ4v) is 3.07. The molecule has 0 N–H and O–H groups in total. The molecule has 0 bridgehead atoms. The van der Waals surface area contributed by atoms with Crippen LogP contribution in [0.2, 0.25) is 9.36 Å². The number of carbonyl (C=O) groups is 1. The molecular formula is C14H12Cl2N2O4S. The molecule has 0 aliphatic carbocycles. The molecule has 1 amide bonds. The predicted octanol–water partition coefficient (Wildman–Crippen LogP) is 4.00. The molecule has 0 fully saturated rings. The Labute approximate surface area is 146 Å². The summed E-state index contributed by atoms with van der Waals surface area (Å²) in [6.07, 6.45) is 0. The average molecular weight is 375 g/mol. The lowest BCUT2D eigenvalue weighted by Gasteiger charge is -2.16. The molecule has 23 heavy (non-hydrogen) atoms. The normalized spacial score (nSPS) is 10.4. The number of hydrogen-bond donors (Lipinski definition) is 0. The molecule has 0 aliphatic heterocycles. The number of carbonyl (C=O) groups excluding carboxylic acids is 1. The van der Waals surface area contributed by atoms with Crippen LogP contribution in [0.1, 0.15) is 4.88 Å². The Balaban J connectivity index is 1.97. The topological polar surface area (TPSA) is 72.7 Å². The molecule has 9 heteroatoms. The Morgan fingerprint density at radius 3 is 2.70 bits per heavy atom. The van der Waals surface area contributed by atoms with Crippen molar-refractivity contribution in [1.82, 2.24) is 4.90 Å². The highest BCUT2D eigenvalue weighted by Crippen LogP contribution is 2.30. The smallest absolute Gasteiger partial charge is 0.312 e. The fourth-order valence-electron chi connectivity index (χ4n) is 1.76. The SMILES string of the molecule is CN(Cc1ccc(Cl)s1)C(=O)COc1ccc(Cl)cc1[N+](=O)[O-]. The van der Waals surface area contributed by atoms with Gasteiger partial charge >= 0.3 is 5.69 Å². The van der Waals surface area contributed by atoms with Crippen molar-refractivity contribution in [2.75, 3.05) is 13.7 Å². The number of hydrogen-bond acceptors (Lipinski definition) is 5. The van der Waals surface area contributed by atoms with Crippen LogP contribution in [0, 0.1) is 10.1 Å². The van der Waals surface area contributed by atoms with Crippen molar-refractivity contribution in [3.8, 4) is 5.75 Å². The number of rotatable bonds is 6. The van der Waals surface area contributed by atoms with Gasteiger partial charge in [-0.3, -0.25) is 14.9 Å². The minimum absolute atomic E-state index is 0.000294. The van der Waals surface area contributed by atoms with E-state index in [1.807, 2.05) is 6.07 Å². The zero-order valence-corrected chi connectivity index (χ0v) is 14.3. The lowest BCUT2D eigenvalue weighted by Crippen LogP contribution is -2.30. The molecule has 0 unspecified atom stereocenters. The number of ether oxygens (including phenoxy) is 1.